The van der Waals surface area contributed by atoms with E-state index in [-0.39, 0.29) is 11.2 Å². The van der Waals surface area contributed by atoms with E-state index in [4.69, 9.17) is 9.47 Å². The van der Waals surface area contributed by atoms with Gasteiger partial charge < -0.3 is 24.9 Å². The molecule has 1 fully saturated rings. The Balaban J connectivity index is 1.42. The van der Waals surface area contributed by atoms with Crippen molar-refractivity contribution in [1.82, 2.24) is 14.6 Å². The normalized spacial score (nSPS) is 17.4. The summed E-state index contributed by atoms with van der Waals surface area (Å²) in [6.07, 6.45) is 5.67. The van der Waals surface area contributed by atoms with Gasteiger partial charge in [0.05, 0.1) is 0 Å². The maximum absolute atomic E-state index is 11.2. The average molecular weight is 395 g/mol. The molecule has 150 valence electrons. The molecule has 9 heteroatoms. The minimum atomic E-state index is -0.482. The van der Waals surface area contributed by atoms with Crippen LogP contribution >= 0.6 is 0 Å². The SMILES string of the molecule is O=[N+]([O-])c1cnc2ccc(NCC3(c4ccc5c(c4)OCCO5)CCCC3)nn12. The molecule has 0 amide bonds. The van der Waals surface area contributed by atoms with Gasteiger partial charge in [0.25, 0.3) is 0 Å². The third-order valence-electron chi connectivity index (χ3n) is 5.85. The monoisotopic (exact) mass is 395 g/mol. The zero-order chi connectivity index (χ0) is 19.8. The number of imidazole rings is 1. The number of anilines is 1. The minimum absolute atomic E-state index is 0.0344. The molecular formula is C20H21N5O4. The fraction of sp³-hybridized carbons (Fsp3) is 0.400. The Morgan fingerprint density at radius 2 is 1.93 bits per heavy atom. The van der Waals surface area contributed by atoms with Crippen molar-refractivity contribution >= 4 is 17.3 Å². The molecule has 0 bridgehead atoms. The van der Waals surface area contributed by atoms with Gasteiger partial charge in [-0.1, -0.05) is 28.5 Å². The maximum Gasteiger partial charge on any atom is 0.368 e. The second kappa shape index (κ2) is 6.91. The van der Waals surface area contributed by atoms with Crippen molar-refractivity contribution in [2.45, 2.75) is 31.1 Å². The standard InChI is InChI=1S/C20H21N5O4/c26-25(27)19-12-21-18-6-5-17(23-24(18)19)22-13-20(7-1-2-8-20)14-3-4-15-16(11-14)29-10-9-28-15/h3-6,11-12H,1-2,7-10,13H2,(H,22,23). The molecule has 0 spiro atoms. The van der Waals surface area contributed by atoms with Crippen LogP contribution in [0.4, 0.5) is 11.6 Å². The number of fused-ring (bicyclic) bond motifs is 2. The summed E-state index contributed by atoms with van der Waals surface area (Å²) >= 11 is 0. The lowest BCUT2D eigenvalue weighted by molar-refractivity contribution is -0.391. The quantitative estimate of drug-likeness (QED) is 0.522. The van der Waals surface area contributed by atoms with Crippen LogP contribution in [0.25, 0.3) is 5.65 Å². The van der Waals surface area contributed by atoms with Gasteiger partial charge in [0.15, 0.2) is 17.3 Å². The summed E-state index contributed by atoms with van der Waals surface area (Å²) < 4.78 is 12.7. The predicted octanol–water partition coefficient (Wildman–Crippen LogP) is 3.33. The number of benzene rings is 1. The van der Waals surface area contributed by atoms with Crippen LogP contribution in [0.1, 0.15) is 31.2 Å². The molecule has 1 aliphatic carbocycles. The van der Waals surface area contributed by atoms with Crippen LogP contribution in [0.5, 0.6) is 11.5 Å². The molecule has 0 saturated heterocycles. The van der Waals surface area contributed by atoms with Crippen molar-refractivity contribution in [3.8, 4) is 11.5 Å². The van der Waals surface area contributed by atoms with Crippen LogP contribution < -0.4 is 14.8 Å². The number of hydrogen-bond donors (Lipinski definition) is 1. The van der Waals surface area contributed by atoms with E-state index in [0.29, 0.717) is 31.2 Å². The number of ether oxygens (including phenoxy) is 2. The number of nitrogens with one attached hydrogen (secondary N) is 1. The van der Waals surface area contributed by atoms with Crippen molar-refractivity contribution in [1.29, 1.82) is 0 Å². The van der Waals surface area contributed by atoms with E-state index in [0.717, 1.165) is 37.2 Å². The van der Waals surface area contributed by atoms with E-state index < -0.39 is 4.92 Å². The van der Waals surface area contributed by atoms with Crippen molar-refractivity contribution in [2.24, 2.45) is 0 Å². The van der Waals surface area contributed by atoms with E-state index in [1.165, 1.54) is 16.3 Å². The molecule has 0 unspecified atom stereocenters. The number of rotatable bonds is 5. The molecule has 2 aliphatic rings. The van der Waals surface area contributed by atoms with Gasteiger partial charge in [-0.15, -0.1) is 0 Å². The lowest BCUT2D eigenvalue weighted by atomic mass is 9.78. The summed E-state index contributed by atoms with van der Waals surface area (Å²) in [4.78, 5) is 14.7. The zero-order valence-electron chi connectivity index (χ0n) is 15.8. The highest BCUT2D eigenvalue weighted by Crippen LogP contribution is 2.44. The molecule has 0 radical (unpaired) electrons. The lowest BCUT2D eigenvalue weighted by Gasteiger charge is -2.31. The van der Waals surface area contributed by atoms with Crippen molar-refractivity contribution in [2.75, 3.05) is 25.1 Å². The van der Waals surface area contributed by atoms with Gasteiger partial charge in [0.1, 0.15) is 19.4 Å². The van der Waals surface area contributed by atoms with E-state index in [2.05, 4.69) is 27.5 Å². The summed E-state index contributed by atoms with van der Waals surface area (Å²) in [6.45, 7) is 1.83. The molecule has 3 aromatic rings. The van der Waals surface area contributed by atoms with Crippen molar-refractivity contribution < 1.29 is 14.4 Å². The van der Waals surface area contributed by atoms with Crippen molar-refractivity contribution in [3.63, 3.8) is 0 Å². The fourth-order valence-corrected chi connectivity index (χ4v) is 4.33. The topological polar surface area (TPSA) is 104 Å². The largest absolute Gasteiger partial charge is 0.486 e. The Labute approximate surface area is 166 Å². The van der Waals surface area contributed by atoms with Crippen molar-refractivity contribution in [3.05, 3.63) is 52.2 Å². The maximum atomic E-state index is 11.2. The molecule has 5 rings (SSSR count). The van der Waals surface area contributed by atoms with Crippen LogP contribution in [0, 0.1) is 10.1 Å². The molecule has 2 aromatic heterocycles. The summed E-state index contributed by atoms with van der Waals surface area (Å²) in [6, 6.07) is 9.74. The number of hydrogen-bond acceptors (Lipinski definition) is 7. The average Bonchev–Trinajstić information content (AvgIpc) is 3.39. The summed E-state index contributed by atoms with van der Waals surface area (Å²) in [5.74, 6) is 2.03. The molecule has 1 aromatic carbocycles. The molecule has 1 N–H and O–H groups in total. The molecule has 3 heterocycles. The van der Waals surface area contributed by atoms with Gasteiger partial charge >= 0.3 is 5.82 Å². The first-order chi connectivity index (χ1) is 14.1. The Bertz CT molecular complexity index is 1070. The Morgan fingerprint density at radius 1 is 1.14 bits per heavy atom. The number of nitro groups is 1. The van der Waals surface area contributed by atoms with E-state index in [1.807, 2.05) is 6.07 Å². The van der Waals surface area contributed by atoms with Gasteiger partial charge in [-0.2, -0.15) is 0 Å². The minimum Gasteiger partial charge on any atom is -0.486 e. The zero-order valence-corrected chi connectivity index (χ0v) is 15.8. The van der Waals surface area contributed by atoms with Crippen LogP contribution in [-0.2, 0) is 5.41 Å². The fourth-order valence-electron chi connectivity index (χ4n) is 4.33. The van der Waals surface area contributed by atoms with Crippen LogP contribution in [0.15, 0.2) is 36.5 Å². The molecule has 1 aliphatic heterocycles. The van der Waals surface area contributed by atoms with E-state index in [9.17, 15) is 10.1 Å². The van der Waals surface area contributed by atoms with E-state index >= 15 is 0 Å². The molecule has 0 atom stereocenters. The molecule has 1 saturated carbocycles. The number of aromatic nitrogens is 3. The van der Waals surface area contributed by atoms with Gasteiger partial charge in [-0.05, 0) is 41.5 Å². The summed E-state index contributed by atoms with van der Waals surface area (Å²) in [7, 11) is 0. The van der Waals surface area contributed by atoms with Crippen LogP contribution in [-0.4, -0.2) is 39.3 Å². The first-order valence-corrected chi connectivity index (χ1v) is 9.78. The summed E-state index contributed by atoms with van der Waals surface area (Å²) in [5, 5.41) is 18.9. The molecule has 29 heavy (non-hydrogen) atoms. The third kappa shape index (κ3) is 3.12. The highest BCUT2D eigenvalue weighted by molar-refractivity contribution is 5.50. The third-order valence-corrected chi connectivity index (χ3v) is 5.85. The smallest absolute Gasteiger partial charge is 0.368 e. The summed E-state index contributed by atoms with van der Waals surface area (Å²) in [5.41, 5.74) is 1.64. The van der Waals surface area contributed by atoms with Crippen LogP contribution in [0.3, 0.4) is 0 Å². The highest BCUT2D eigenvalue weighted by atomic mass is 16.6. The molecular weight excluding hydrogens is 374 g/mol. The van der Waals surface area contributed by atoms with Crippen LogP contribution in [0.2, 0.25) is 0 Å². The molecule has 9 nitrogen and oxygen atoms in total. The number of nitrogens with zero attached hydrogens (tertiary/aromatic N) is 4. The first kappa shape index (κ1) is 17.7. The Hall–Kier alpha value is -3.36. The van der Waals surface area contributed by atoms with E-state index in [1.54, 1.807) is 12.1 Å². The lowest BCUT2D eigenvalue weighted by Crippen LogP contribution is -2.32. The van der Waals surface area contributed by atoms with Gasteiger partial charge in [-0.25, -0.2) is 4.98 Å². The second-order valence-electron chi connectivity index (χ2n) is 7.56. The van der Waals surface area contributed by atoms with Gasteiger partial charge in [-0.3, -0.25) is 0 Å². The van der Waals surface area contributed by atoms with Gasteiger partial charge in [0.2, 0.25) is 5.65 Å². The second-order valence-corrected chi connectivity index (χ2v) is 7.56. The Morgan fingerprint density at radius 3 is 2.72 bits per heavy atom. The van der Waals surface area contributed by atoms with Gasteiger partial charge in [0, 0.05) is 18.0 Å². The first-order valence-electron chi connectivity index (χ1n) is 9.78. The predicted molar refractivity (Wildman–Crippen MR) is 106 cm³/mol. The Kier molecular flexibility index (Phi) is 4.22. The highest BCUT2D eigenvalue weighted by Gasteiger charge is 2.36.